The van der Waals surface area contributed by atoms with Gasteiger partial charge in [-0.1, -0.05) is 0 Å². The van der Waals surface area contributed by atoms with E-state index in [4.69, 9.17) is 52.1 Å². The van der Waals surface area contributed by atoms with Crippen LogP contribution in [0.25, 0.3) is 0 Å². The van der Waals surface area contributed by atoms with E-state index in [1.165, 1.54) is 0 Å². The molecule has 0 aliphatic carbocycles. The van der Waals surface area contributed by atoms with E-state index in [9.17, 15) is 102 Å². The van der Waals surface area contributed by atoms with Crippen molar-refractivity contribution in [3.63, 3.8) is 0 Å². The molecule has 0 saturated carbocycles. The van der Waals surface area contributed by atoms with Crippen molar-refractivity contribution in [2.24, 2.45) is 0 Å². The van der Waals surface area contributed by atoms with Crippen LogP contribution >= 0.6 is 0 Å². The summed E-state index contributed by atoms with van der Waals surface area (Å²) in [6.45, 7) is -8.47. The highest BCUT2D eigenvalue weighted by Gasteiger charge is 2.63. The quantitative estimate of drug-likeness (QED) is 0.0606. The van der Waals surface area contributed by atoms with Gasteiger partial charge in [0.25, 0.3) is 0 Å². The molecule has 20 N–H and O–H groups in total. The molecule has 392 valence electrons. The smallest absolute Gasteiger partial charge is 0.224 e. The van der Waals surface area contributed by atoms with E-state index >= 15 is 0 Å². The van der Waals surface area contributed by atoms with Crippen LogP contribution in [0.1, 0.15) is 0 Å². The first kappa shape index (κ1) is 55.1. The van der Waals surface area contributed by atoms with E-state index in [1.807, 2.05) is 0 Å². The molecule has 6 aliphatic rings. The predicted octanol–water partition coefficient (Wildman–Crippen LogP) is -14.1. The third-order valence-corrected chi connectivity index (χ3v) is 12.6. The Morgan fingerprint density at radius 2 is 0.657 bits per heavy atom. The molecule has 31 nitrogen and oxygen atoms in total. The minimum Gasteiger partial charge on any atom is -0.394 e. The summed E-state index contributed by atoms with van der Waals surface area (Å²) < 4.78 is 62.7. The van der Waals surface area contributed by atoms with Gasteiger partial charge in [-0.25, -0.2) is 0 Å². The Hall–Kier alpha value is -1.24. The molecule has 67 heavy (non-hydrogen) atoms. The lowest BCUT2D eigenvalue weighted by Gasteiger charge is -2.50. The van der Waals surface area contributed by atoms with Gasteiger partial charge in [-0.05, 0) is 0 Å². The second-order valence-electron chi connectivity index (χ2n) is 16.9. The zero-order valence-electron chi connectivity index (χ0n) is 35.1. The average Bonchev–Trinajstić information content (AvgIpc) is 3.72. The number of hydrogen-bond acceptors (Lipinski definition) is 31. The maximum atomic E-state index is 11.5. The molecule has 6 fully saturated rings. The maximum Gasteiger partial charge on any atom is 0.224 e. The fraction of sp³-hybridized carbons (Fsp3) is 1.00. The molecule has 6 saturated heterocycles. The predicted molar refractivity (Wildman–Crippen MR) is 199 cm³/mol. The molecule has 0 radical (unpaired) electrons. The first-order valence-electron chi connectivity index (χ1n) is 21.1. The van der Waals surface area contributed by atoms with Gasteiger partial charge < -0.3 is 154 Å². The zero-order valence-corrected chi connectivity index (χ0v) is 35.1. The molecular weight excluding hydrogens is 928 g/mol. The van der Waals surface area contributed by atoms with Crippen molar-refractivity contribution < 1.29 is 154 Å². The Labute approximate surface area is 378 Å². The average molecular weight is 991 g/mol. The molecule has 6 heterocycles. The molecule has 6 rings (SSSR count). The van der Waals surface area contributed by atoms with Crippen LogP contribution in [0.3, 0.4) is 0 Å². The van der Waals surface area contributed by atoms with Crippen molar-refractivity contribution in [1.82, 2.24) is 0 Å². The van der Waals surface area contributed by atoms with Gasteiger partial charge in [-0.2, -0.15) is 0 Å². The third kappa shape index (κ3) is 10.5. The Bertz CT molecular complexity index is 1540. The minimum absolute atomic E-state index is 0.896. The van der Waals surface area contributed by atoms with Gasteiger partial charge in [0.2, 0.25) is 11.6 Å². The number of ether oxygens (including phenoxy) is 11. The monoisotopic (exact) mass is 990 g/mol. The Morgan fingerprint density at radius 1 is 0.328 bits per heavy atom. The van der Waals surface area contributed by atoms with Crippen LogP contribution in [0.4, 0.5) is 0 Å². The van der Waals surface area contributed by atoms with Gasteiger partial charge in [-0.3, -0.25) is 0 Å². The first-order chi connectivity index (χ1) is 31.7. The summed E-state index contributed by atoms with van der Waals surface area (Å²) in [5.74, 6) is -5.47. The number of rotatable bonds is 18. The van der Waals surface area contributed by atoms with E-state index in [1.54, 1.807) is 0 Å². The van der Waals surface area contributed by atoms with E-state index in [-0.39, 0.29) is 0 Å². The lowest BCUT2D eigenvalue weighted by molar-refractivity contribution is -0.426. The molecule has 0 amide bonds. The van der Waals surface area contributed by atoms with E-state index in [2.05, 4.69) is 0 Å². The van der Waals surface area contributed by atoms with E-state index in [0.29, 0.717) is 0 Å². The van der Waals surface area contributed by atoms with Crippen molar-refractivity contribution in [3.05, 3.63) is 0 Å². The second-order valence-corrected chi connectivity index (χ2v) is 16.9. The van der Waals surface area contributed by atoms with Crippen molar-refractivity contribution >= 4 is 0 Å². The third-order valence-electron chi connectivity index (χ3n) is 12.6. The summed E-state index contributed by atoms with van der Waals surface area (Å²) in [7, 11) is 0. The van der Waals surface area contributed by atoms with Gasteiger partial charge >= 0.3 is 0 Å². The van der Waals surface area contributed by atoms with Crippen LogP contribution in [0.5, 0.6) is 0 Å². The molecule has 0 aromatic carbocycles. The van der Waals surface area contributed by atoms with Crippen molar-refractivity contribution in [2.45, 2.75) is 171 Å². The first-order valence-corrected chi connectivity index (χ1v) is 21.1. The number of aliphatic hydroxyl groups excluding tert-OH is 20. The fourth-order valence-corrected chi connectivity index (χ4v) is 8.54. The van der Waals surface area contributed by atoms with Crippen LogP contribution < -0.4 is 0 Å². The topological polar surface area (TPSA) is 506 Å². The molecule has 0 bridgehead atoms. The highest BCUT2D eigenvalue weighted by atomic mass is 16.8. The summed E-state index contributed by atoms with van der Waals surface area (Å²) in [4.78, 5) is 0. The van der Waals surface area contributed by atoms with Crippen LogP contribution in [0.15, 0.2) is 0 Å². The lowest BCUT2D eigenvalue weighted by atomic mass is 9.96. The Morgan fingerprint density at radius 3 is 1.04 bits per heavy atom. The van der Waals surface area contributed by atoms with Crippen LogP contribution in [-0.2, 0) is 52.1 Å². The van der Waals surface area contributed by atoms with Crippen LogP contribution in [0.2, 0.25) is 0 Å². The SMILES string of the molecule is OC[C@H]1O[C@@](CO)(OC[C@@]2(O[C@H]3O[C@H](CO)[C@@H](O)[C@H](O)[C@H]3O[C@H]3O[C@H](CO)[C@@H](O)[C@H](O)[C@H]3O[C@H]3O[C@H](CO)[C@@H](O)[C@H](O)[C@H]3O[C@H]3O[C@H](CO)[C@@H](O)[C@H](O)[C@H]3O)O[C@H](CO)[C@@H](O)[C@@H]2O)[C@@H](O)[C@@H]1O. The van der Waals surface area contributed by atoms with Gasteiger partial charge in [0, 0.05) is 0 Å². The van der Waals surface area contributed by atoms with Crippen molar-refractivity contribution in [2.75, 3.05) is 52.9 Å². The fourth-order valence-electron chi connectivity index (χ4n) is 8.54. The van der Waals surface area contributed by atoms with Crippen molar-refractivity contribution in [1.29, 1.82) is 0 Å². The van der Waals surface area contributed by atoms with Crippen LogP contribution in [0, 0.1) is 0 Å². The Kier molecular flexibility index (Phi) is 18.6. The minimum atomic E-state index is -2.87. The molecule has 0 aromatic heterocycles. The lowest BCUT2D eigenvalue weighted by Crippen LogP contribution is -2.68. The van der Waals surface area contributed by atoms with Gasteiger partial charge in [0.1, 0.15) is 148 Å². The summed E-state index contributed by atoms with van der Waals surface area (Å²) in [6, 6.07) is 0. The Balaban J connectivity index is 1.34. The molecule has 0 spiro atoms. The van der Waals surface area contributed by atoms with Crippen LogP contribution in [-0.4, -0.2) is 326 Å². The largest absolute Gasteiger partial charge is 0.394 e. The highest BCUT2D eigenvalue weighted by molar-refractivity contribution is 5.03. The van der Waals surface area contributed by atoms with Gasteiger partial charge in [0.05, 0.1) is 39.6 Å². The summed E-state index contributed by atoms with van der Waals surface area (Å²) in [5, 5.41) is 212. The maximum absolute atomic E-state index is 11.5. The normalized spacial score (nSPS) is 53.0. The standard InChI is InChI=1S/C36H62O31/c37-1-9-15(44)21(50)25(54)31(58-9)62-26-22(51)16(45)10(2-38)59-32(26)63-27-23(52)17(46)11(3-39)60-33(27)64-28-24(53)18(47)12(4-40)61-34(28)67-36(30(56)20(49)14(6-42)66-36)8-57-35(7-43)29(55)19(48)13(5-41)65-35/h9-34,37-56H,1-8H2/t9-,10-,11-,12-,13-,14-,15-,16-,17-,18-,19-,20-,21+,22+,23+,24+,25-,26-,27-,28-,29+,30+,31-,32-,33-,34-,35-,36+/m1/s1. The molecule has 0 unspecified atom stereocenters. The second kappa shape index (κ2) is 22.7. The van der Waals surface area contributed by atoms with E-state index < -0.39 is 224 Å². The number of hydrogen-bond donors (Lipinski definition) is 20. The molecule has 28 atom stereocenters. The molecule has 31 heteroatoms. The number of aliphatic hydroxyl groups is 20. The van der Waals surface area contributed by atoms with Gasteiger partial charge in [0.15, 0.2) is 25.2 Å². The van der Waals surface area contributed by atoms with Gasteiger partial charge in [-0.15, -0.1) is 0 Å². The molecular formula is C36H62O31. The van der Waals surface area contributed by atoms with Crippen molar-refractivity contribution in [3.8, 4) is 0 Å². The summed E-state index contributed by atoms with van der Waals surface area (Å²) in [5.41, 5.74) is 0. The summed E-state index contributed by atoms with van der Waals surface area (Å²) >= 11 is 0. The van der Waals surface area contributed by atoms with E-state index in [0.717, 1.165) is 0 Å². The molecule has 6 aliphatic heterocycles. The zero-order chi connectivity index (χ0) is 49.4. The molecule has 0 aromatic rings. The highest BCUT2D eigenvalue weighted by Crippen LogP contribution is 2.42. The summed E-state index contributed by atoms with van der Waals surface area (Å²) in [6.07, 6.45) is -52.6.